The summed E-state index contributed by atoms with van der Waals surface area (Å²) in [4.78, 5) is 0. The van der Waals surface area contributed by atoms with Crippen LogP contribution in [0.2, 0.25) is 0 Å². The van der Waals surface area contributed by atoms with Crippen LogP contribution in [-0.2, 0) is 0 Å². The summed E-state index contributed by atoms with van der Waals surface area (Å²) in [6, 6.07) is 12.1. The van der Waals surface area contributed by atoms with Gasteiger partial charge in [0.2, 0.25) is 0 Å². The molecular formula is C16H17FN2OS. The fourth-order valence-electron chi connectivity index (χ4n) is 1.89. The third-order valence-electron chi connectivity index (χ3n) is 2.87. The Morgan fingerprint density at radius 2 is 1.86 bits per heavy atom. The zero-order chi connectivity index (χ0) is 15.2. The average Bonchev–Trinajstić information content (AvgIpc) is 2.44. The number of nitrogens with one attached hydrogen (secondary N) is 2. The van der Waals surface area contributed by atoms with Gasteiger partial charge in [-0.15, -0.1) is 0 Å². The summed E-state index contributed by atoms with van der Waals surface area (Å²) in [6.07, 6.45) is 0. The number of benzene rings is 2. The average molecular weight is 304 g/mol. The summed E-state index contributed by atoms with van der Waals surface area (Å²) in [5.74, 6) is 0.471. The lowest BCUT2D eigenvalue weighted by Crippen LogP contribution is -2.20. The molecule has 0 heterocycles. The van der Waals surface area contributed by atoms with Gasteiger partial charge in [0.05, 0.1) is 12.3 Å². The van der Waals surface area contributed by atoms with E-state index in [-0.39, 0.29) is 5.82 Å². The van der Waals surface area contributed by atoms with Crippen molar-refractivity contribution in [1.29, 1.82) is 0 Å². The van der Waals surface area contributed by atoms with E-state index in [4.69, 9.17) is 17.0 Å². The summed E-state index contributed by atoms with van der Waals surface area (Å²) in [7, 11) is 0. The molecule has 2 N–H and O–H groups in total. The van der Waals surface area contributed by atoms with E-state index >= 15 is 0 Å². The fourth-order valence-corrected chi connectivity index (χ4v) is 2.11. The number of ether oxygens (including phenoxy) is 1. The molecule has 0 fully saturated rings. The predicted molar refractivity (Wildman–Crippen MR) is 88.6 cm³/mol. The first-order valence-corrected chi connectivity index (χ1v) is 7.07. The topological polar surface area (TPSA) is 33.3 Å². The van der Waals surface area contributed by atoms with Crippen molar-refractivity contribution in [3.8, 4) is 5.75 Å². The smallest absolute Gasteiger partial charge is 0.175 e. The molecule has 3 nitrogen and oxygen atoms in total. The van der Waals surface area contributed by atoms with Crippen LogP contribution in [-0.4, -0.2) is 11.7 Å². The maximum atomic E-state index is 13.1. The molecule has 0 bridgehead atoms. The van der Waals surface area contributed by atoms with Crippen LogP contribution in [0, 0.1) is 12.7 Å². The Bertz CT molecular complexity index is 646. The Balaban J connectivity index is 2.08. The van der Waals surface area contributed by atoms with E-state index in [1.54, 1.807) is 6.07 Å². The second-order valence-corrected chi connectivity index (χ2v) is 4.88. The van der Waals surface area contributed by atoms with Gasteiger partial charge >= 0.3 is 0 Å². The fraction of sp³-hybridized carbons (Fsp3) is 0.188. The lowest BCUT2D eigenvalue weighted by atomic mass is 10.2. The van der Waals surface area contributed by atoms with Crippen molar-refractivity contribution in [2.24, 2.45) is 0 Å². The van der Waals surface area contributed by atoms with Gasteiger partial charge in [0, 0.05) is 5.69 Å². The highest BCUT2D eigenvalue weighted by atomic mass is 32.1. The number of thiocarbonyl (C=S) groups is 1. The number of rotatable bonds is 4. The van der Waals surface area contributed by atoms with Gasteiger partial charge in [-0.05, 0) is 62.0 Å². The van der Waals surface area contributed by atoms with Crippen molar-refractivity contribution in [3.63, 3.8) is 0 Å². The van der Waals surface area contributed by atoms with Crippen molar-refractivity contribution in [2.75, 3.05) is 17.2 Å². The normalized spacial score (nSPS) is 10.0. The third kappa shape index (κ3) is 4.16. The highest BCUT2D eigenvalue weighted by molar-refractivity contribution is 7.80. The number of para-hydroxylation sites is 2. The maximum Gasteiger partial charge on any atom is 0.175 e. The second kappa shape index (κ2) is 7.04. The summed E-state index contributed by atoms with van der Waals surface area (Å²) < 4.78 is 18.6. The minimum atomic E-state index is -0.265. The van der Waals surface area contributed by atoms with Crippen LogP contribution < -0.4 is 15.4 Å². The predicted octanol–water partition coefficient (Wildman–Crippen LogP) is 4.34. The minimum Gasteiger partial charge on any atom is -0.492 e. The van der Waals surface area contributed by atoms with Crippen molar-refractivity contribution in [2.45, 2.75) is 13.8 Å². The van der Waals surface area contributed by atoms with Gasteiger partial charge in [-0.2, -0.15) is 0 Å². The standard InChI is InChI=1S/C16H17FN2OS/c1-3-20-15-7-5-4-6-14(15)19-16(21)18-13-9-8-12(17)10-11(13)2/h4-10H,3H2,1-2H3,(H2,18,19,21). The maximum absolute atomic E-state index is 13.1. The molecule has 21 heavy (non-hydrogen) atoms. The number of aryl methyl sites for hydroxylation is 1. The molecule has 2 rings (SSSR count). The monoisotopic (exact) mass is 304 g/mol. The van der Waals surface area contributed by atoms with E-state index in [0.29, 0.717) is 11.7 Å². The molecule has 0 spiro atoms. The minimum absolute atomic E-state index is 0.265. The van der Waals surface area contributed by atoms with Gasteiger partial charge < -0.3 is 15.4 Å². The van der Waals surface area contributed by atoms with Crippen LogP contribution in [0.4, 0.5) is 15.8 Å². The number of hydrogen-bond donors (Lipinski definition) is 2. The lowest BCUT2D eigenvalue weighted by molar-refractivity contribution is 0.342. The molecule has 0 unspecified atom stereocenters. The van der Waals surface area contributed by atoms with Gasteiger partial charge in [0.15, 0.2) is 5.11 Å². The van der Waals surface area contributed by atoms with Crippen LogP contribution in [0.1, 0.15) is 12.5 Å². The Hall–Kier alpha value is -2.14. The van der Waals surface area contributed by atoms with Gasteiger partial charge in [0.1, 0.15) is 11.6 Å². The molecule has 0 aromatic heterocycles. The van der Waals surface area contributed by atoms with E-state index in [9.17, 15) is 4.39 Å². The van der Waals surface area contributed by atoms with Gasteiger partial charge in [-0.1, -0.05) is 12.1 Å². The van der Waals surface area contributed by atoms with Crippen molar-refractivity contribution in [1.82, 2.24) is 0 Å². The number of hydrogen-bond acceptors (Lipinski definition) is 2. The Kier molecular flexibility index (Phi) is 5.11. The van der Waals surface area contributed by atoms with E-state index in [0.717, 1.165) is 22.7 Å². The first kappa shape index (κ1) is 15.3. The zero-order valence-corrected chi connectivity index (χ0v) is 12.8. The first-order valence-electron chi connectivity index (χ1n) is 6.66. The summed E-state index contributed by atoms with van der Waals surface area (Å²) in [6.45, 7) is 4.33. The van der Waals surface area contributed by atoms with Gasteiger partial charge in [-0.3, -0.25) is 0 Å². The molecular weight excluding hydrogens is 287 g/mol. The first-order chi connectivity index (χ1) is 10.1. The van der Waals surface area contributed by atoms with Crippen LogP contribution in [0.5, 0.6) is 5.75 Å². The molecule has 0 atom stereocenters. The SMILES string of the molecule is CCOc1ccccc1NC(=S)Nc1ccc(F)cc1C. The molecule has 110 valence electrons. The molecule has 0 saturated heterocycles. The van der Waals surface area contributed by atoms with E-state index in [1.807, 2.05) is 38.1 Å². The van der Waals surface area contributed by atoms with E-state index < -0.39 is 0 Å². The molecule has 0 aliphatic heterocycles. The summed E-state index contributed by atoms with van der Waals surface area (Å²) >= 11 is 5.28. The Morgan fingerprint density at radius 3 is 2.57 bits per heavy atom. The Morgan fingerprint density at radius 1 is 1.14 bits per heavy atom. The molecule has 0 saturated carbocycles. The molecule has 0 aliphatic carbocycles. The Labute approximate surface area is 129 Å². The largest absolute Gasteiger partial charge is 0.492 e. The number of halogens is 1. The molecule has 2 aromatic rings. The van der Waals surface area contributed by atoms with Gasteiger partial charge in [0.25, 0.3) is 0 Å². The zero-order valence-electron chi connectivity index (χ0n) is 11.9. The van der Waals surface area contributed by atoms with Crippen LogP contribution in [0.15, 0.2) is 42.5 Å². The molecule has 5 heteroatoms. The quantitative estimate of drug-likeness (QED) is 0.823. The highest BCUT2D eigenvalue weighted by Crippen LogP contribution is 2.24. The van der Waals surface area contributed by atoms with E-state index in [1.165, 1.54) is 12.1 Å². The molecule has 2 aromatic carbocycles. The van der Waals surface area contributed by atoms with Gasteiger partial charge in [-0.25, -0.2) is 4.39 Å². The van der Waals surface area contributed by atoms with Crippen molar-refractivity contribution < 1.29 is 9.13 Å². The summed E-state index contributed by atoms with van der Waals surface area (Å²) in [5.41, 5.74) is 2.34. The van der Waals surface area contributed by atoms with Crippen molar-refractivity contribution >= 4 is 28.7 Å². The second-order valence-electron chi connectivity index (χ2n) is 4.47. The molecule has 0 aliphatic rings. The molecule has 0 radical (unpaired) electrons. The lowest BCUT2D eigenvalue weighted by Gasteiger charge is -2.15. The van der Waals surface area contributed by atoms with Crippen LogP contribution >= 0.6 is 12.2 Å². The summed E-state index contributed by atoms with van der Waals surface area (Å²) in [5, 5.41) is 6.57. The van der Waals surface area contributed by atoms with Crippen LogP contribution in [0.3, 0.4) is 0 Å². The van der Waals surface area contributed by atoms with E-state index in [2.05, 4.69) is 10.6 Å². The molecule has 0 amide bonds. The van der Waals surface area contributed by atoms with Crippen LogP contribution in [0.25, 0.3) is 0 Å². The highest BCUT2D eigenvalue weighted by Gasteiger charge is 2.06. The number of anilines is 2. The van der Waals surface area contributed by atoms with Crippen molar-refractivity contribution in [3.05, 3.63) is 53.8 Å². The third-order valence-corrected chi connectivity index (χ3v) is 3.08.